The number of nitrogens with one attached hydrogen (secondary N) is 1. The lowest BCUT2D eigenvalue weighted by atomic mass is 10.00. The Labute approximate surface area is 175 Å². The second kappa shape index (κ2) is 9.44. The molecule has 1 amide bonds. The molecule has 0 aromatic heterocycles. The molecule has 2 aromatic rings. The first-order valence-electron chi connectivity index (χ1n) is 9.91. The van der Waals surface area contributed by atoms with Crippen LogP contribution in [-0.2, 0) is 14.8 Å². The van der Waals surface area contributed by atoms with Crippen LogP contribution in [0.25, 0.3) is 0 Å². The van der Waals surface area contributed by atoms with Crippen molar-refractivity contribution in [2.24, 2.45) is 0 Å². The summed E-state index contributed by atoms with van der Waals surface area (Å²) in [6.07, 6.45) is 1.93. The fourth-order valence-electron chi connectivity index (χ4n) is 3.47. The van der Waals surface area contributed by atoms with E-state index in [1.54, 1.807) is 0 Å². The molecule has 158 valence electrons. The summed E-state index contributed by atoms with van der Waals surface area (Å²) in [7, 11) is -3.43. The molecule has 0 aliphatic carbocycles. The van der Waals surface area contributed by atoms with E-state index in [0.29, 0.717) is 12.1 Å². The first-order valence-corrected chi connectivity index (χ1v) is 11.8. The van der Waals surface area contributed by atoms with Gasteiger partial charge in [-0.25, -0.2) is 8.42 Å². The summed E-state index contributed by atoms with van der Waals surface area (Å²) in [6.45, 7) is 10.2. The molecule has 0 saturated carbocycles. The molecule has 0 heterocycles. The number of carbonyl (C=O) groups excluding carboxylic acids is 1. The molecular weight excluding hydrogens is 384 g/mol. The highest BCUT2D eigenvalue weighted by Crippen LogP contribution is 2.25. The van der Waals surface area contributed by atoms with Gasteiger partial charge in [0, 0.05) is 13.0 Å². The highest BCUT2D eigenvalue weighted by Gasteiger charge is 2.20. The summed E-state index contributed by atoms with van der Waals surface area (Å²) in [5, 5.41) is 3.03. The van der Waals surface area contributed by atoms with Crippen LogP contribution in [-0.4, -0.2) is 27.1 Å². The number of hydrogen-bond donors (Lipinski definition) is 1. The summed E-state index contributed by atoms with van der Waals surface area (Å²) in [5.74, 6) is -0.0761. The zero-order valence-electron chi connectivity index (χ0n) is 18.2. The lowest BCUT2D eigenvalue weighted by molar-refractivity contribution is -0.121. The number of carbonyl (C=O) groups is 1. The van der Waals surface area contributed by atoms with Crippen molar-refractivity contribution in [1.29, 1.82) is 0 Å². The minimum atomic E-state index is -3.43. The molecule has 0 aliphatic heterocycles. The van der Waals surface area contributed by atoms with Gasteiger partial charge in [0.05, 0.1) is 18.0 Å². The Morgan fingerprint density at radius 2 is 1.76 bits per heavy atom. The number of anilines is 1. The number of hydrogen-bond acceptors (Lipinski definition) is 3. The van der Waals surface area contributed by atoms with Gasteiger partial charge < -0.3 is 5.32 Å². The van der Waals surface area contributed by atoms with E-state index >= 15 is 0 Å². The molecule has 29 heavy (non-hydrogen) atoms. The van der Waals surface area contributed by atoms with Gasteiger partial charge in [0.1, 0.15) is 0 Å². The average molecular weight is 417 g/mol. The number of benzene rings is 2. The van der Waals surface area contributed by atoms with Gasteiger partial charge in [0.15, 0.2) is 0 Å². The molecular formula is C23H32N2O3S. The number of aryl methyl sites for hydroxylation is 3. The van der Waals surface area contributed by atoms with Crippen LogP contribution in [0.3, 0.4) is 0 Å². The van der Waals surface area contributed by atoms with Crippen LogP contribution in [0.4, 0.5) is 5.69 Å². The van der Waals surface area contributed by atoms with Crippen molar-refractivity contribution in [1.82, 2.24) is 5.32 Å². The van der Waals surface area contributed by atoms with Crippen LogP contribution in [0.1, 0.15) is 53.6 Å². The van der Waals surface area contributed by atoms with Crippen LogP contribution in [0.2, 0.25) is 0 Å². The minimum absolute atomic E-state index is 0.0761. The maximum atomic E-state index is 12.4. The van der Waals surface area contributed by atoms with Crippen molar-refractivity contribution >= 4 is 21.6 Å². The Balaban J connectivity index is 2.01. The molecule has 2 rings (SSSR count). The Bertz CT molecular complexity index is 984. The van der Waals surface area contributed by atoms with Crippen LogP contribution < -0.4 is 9.62 Å². The molecule has 5 nitrogen and oxygen atoms in total. The predicted octanol–water partition coefficient (Wildman–Crippen LogP) is 4.34. The second-order valence-electron chi connectivity index (χ2n) is 7.81. The Hall–Kier alpha value is -2.34. The van der Waals surface area contributed by atoms with E-state index in [1.165, 1.54) is 10.6 Å². The van der Waals surface area contributed by atoms with Gasteiger partial charge >= 0.3 is 0 Å². The van der Waals surface area contributed by atoms with E-state index in [2.05, 4.69) is 23.5 Å². The maximum Gasteiger partial charge on any atom is 0.232 e. The van der Waals surface area contributed by atoms with Gasteiger partial charge in [-0.1, -0.05) is 35.9 Å². The Kier molecular flexibility index (Phi) is 7.47. The lowest BCUT2D eigenvalue weighted by Gasteiger charge is -2.25. The summed E-state index contributed by atoms with van der Waals surface area (Å²) in [5.41, 5.74) is 6.05. The van der Waals surface area contributed by atoms with Gasteiger partial charge in [-0.2, -0.15) is 0 Å². The van der Waals surface area contributed by atoms with E-state index in [9.17, 15) is 13.2 Å². The summed E-state index contributed by atoms with van der Waals surface area (Å²) in [4.78, 5) is 12.4. The smallest absolute Gasteiger partial charge is 0.232 e. The third-order valence-corrected chi connectivity index (χ3v) is 6.47. The molecule has 0 spiro atoms. The monoisotopic (exact) mass is 416 g/mol. The molecule has 1 atom stereocenters. The van der Waals surface area contributed by atoms with E-state index in [0.717, 1.165) is 27.8 Å². The normalized spacial score (nSPS) is 12.5. The molecule has 0 aliphatic rings. The largest absolute Gasteiger partial charge is 0.350 e. The van der Waals surface area contributed by atoms with Crippen molar-refractivity contribution in [2.45, 2.75) is 53.5 Å². The van der Waals surface area contributed by atoms with E-state index in [4.69, 9.17) is 0 Å². The van der Waals surface area contributed by atoms with Crippen molar-refractivity contribution in [3.63, 3.8) is 0 Å². The molecule has 0 bridgehead atoms. The third-order valence-electron chi connectivity index (χ3n) is 5.29. The minimum Gasteiger partial charge on any atom is -0.350 e. The molecule has 0 radical (unpaired) electrons. The predicted molar refractivity (Wildman–Crippen MR) is 120 cm³/mol. The van der Waals surface area contributed by atoms with Gasteiger partial charge in [0.2, 0.25) is 15.9 Å². The average Bonchev–Trinajstić information content (AvgIpc) is 2.62. The van der Waals surface area contributed by atoms with E-state index in [1.807, 2.05) is 52.8 Å². The Morgan fingerprint density at radius 1 is 1.07 bits per heavy atom. The van der Waals surface area contributed by atoms with E-state index < -0.39 is 10.0 Å². The van der Waals surface area contributed by atoms with Crippen molar-refractivity contribution in [3.8, 4) is 0 Å². The molecule has 0 saturated heterocycles. The van der Waals surface area contributed by atoms with Crippen LogP contribution in [0.15, 0.2) is 36.4 Å². The van der Waals surface area contributed by atoms with Crippen LogP contribution in [0.5, 0.6) is 0 Å². The molecule has 6 heteroatoms. The SMILES string of the molecule is Cc1ccc(C)c([C@H](C)NC(=O)CCCN(c2cccc(C)c2C)S(C)(=O)=O)c1. The highest BCUT2D eigenvalue weighted by atomic mass is 32.2. The summed E-state index contributed by atoms with van der Waals surface area (Å²) in [6, 6.07) is 11.7. The highest BCUT2D eigenvalue weighted by molar-refractivity contribution is 7.92. The number of sulfonamides is 1. The fraction of sp³-hybridized carbons (Fsp3) is 0.435. The number of nitrogens with zero attached hydrogens (tertiary/aromatic N) is 1. The standard InChI is InChI=1S/C23H32N2O3S/c1-16-12-13-18(3)21(15-16)20(5)24-23(26)11-8-14-25(29(6,27)28)22-10-7-9-17(2)19(22)4/h7,9-10,12-13,15,20H,8,11,14H2,1-6H3,(H,24,26)/t20-/m0/s1. The van der Waals surface area contributed by atoms with Gasteiger partial charge in [-0.05, 0) is 69.4 Å². The van der Waals surface area contributed by atoms with Crippen molar-refractivity contribution in [3.05, 3.63) is 64.2 Å². The quantitative estimate of drug-likeness (QED) is 0.696. The third kappa shape index (κ3) is 6.07. The fourth-order valence-corrected chi connectivity index (χ4v) is 4.49. The van der Waals surface area contributed by atoms with Crippen molar-refractivity contribution < 1.29 is 13.2 Å². The lowest BCUT2D eigenvalue weighted by Crippen LogP contribution is -2.33. The summed E-state index contributed by atoms with van der Waals surface area (Å²) >= 11 is 0. The van der Waals surface area contributed by atoms with Gasteiger partial charge in [-0.3, -0.25) is 9.10 Å². The molecule has 1 N–H and O–H groups in total. The second-order valence-corrected chi connectivity index (χ2v) is 9.71. The number of rotatable bonds is 8. The zero-order valence-corrected chi connectivity index (χ0v) is 19.1. The first-order chi connectivity index (χ1) is 13.5. The van der Waals surface area contributed by atoms with E-state index in [-0.39, 0.29) is 24.9 Å². The molecule has 0 unspecified atom stereocenters. The summed E-state index contributed by atoms with van der Waals surface area (Å²) < 4.78 is 26.1. The van der Waals surface area contributed by atoms with Crippen LogP contribution >= 0.6 is 0 Å². The van der Waals surface area contributed by atoms with Gasteiger partial charge in [-0.15, -0.1) is 0 Å². The molecule has 0 fully saturated rings. The molecule has 2 aromatic carbocycles. The van der Waals surface area contributed by atoms with Gasteiger partial charge in [0.25, 0.3) is 0 Å². The maximum absolute atomic E-state index is 12.4. The number of amides is 1. The first kappa shape index (κ1) is 22.9. The topological polar surface area (TPSA) is 66.5 Å². The van der Waals surface area contributed by atoms with Crippen molar-refractivity contribution in [2.75, 3.05) is 17.1 Å². The van der Waals surface area contributed by atoms with Crippen LogP contribution in [0, 0.1) is 27.7 Å². The Morgan fingerprint density at radius 3 is 2.41 bits per heavy atom. The zero-order chi connectivity index (χ0) is 21.8.